The van der Waals surface area contributed by atoms with Gasteiger partial charge in [0, 0.05) is 27.6 Å². The van der Waals surface area contributed by atoms with E-state index in [0.717, 1.165) is 23.4 Å². The van der Waals surface area contributed by atoms with Crippen molar-refractivity contribution in [2.45, 2.75) is 38.3 Å². The summed E-state index contributed by atoms with van der Waals surface area (Å²) in [6, 6.07) is 11.3. The predicted molar refractivity (Wildman–Crippen MR) is 146 cm³/mol. The second-order valence-electron chi connectivity index (χ2n) is 8.96. The summed E-state index contributed by atoms with van der Waals surface area (Å²) in [5.74, 6) is 0.981. The van der Waals surface area contributed by atoms with Crippen LogP contribution in [0.3, 0.4) is 0 Å². The molecule has 4 heterocycles. The fourth-order valence-corrected chi connectivity index (χ4v) is 7.77. The first kappa shape index (κ1) is 23.5. The van der Waals surface area contributed by atoms with Gasteiger partial charge < -0.3 is 24.3 Å². The number of nitrogens with one attached hydrogen (secondary N) is 1. The first-order valence-corrected chi connectivity index (χ1v) is 14.0. The van der Waals surface area contributed by atoms with Crippen molar-refractivity contribution in [3.63, 3.8) is 0 Å². The van der Waals surface area contributed by atoms with E-state index < -0.39 is 0 Å². The lowest BCUT2D eigenvalue weighted by Crippen LogP contribution is -2.38. The predicted octanol–water partition coefficient (Wildman–Crippen LogP) is 7.29. The average Bonchev–Trinajstić information content (AvgIpc) is 3.64. The van der Waals surface area contributed by atoms with Crippen LogP contribution < -0.4 is 14.8 Å². The molecule has 186 valence electrons. The third-order valence-electron chi connectivity index (χ3n) is 6.97. The highest BCUT2D eigenvalue weighted by Gasteiger charge is 2.36. The van der Waals surface area contributed by atoms with E-state index >= 15 is 0 Å². The lowest BCUT2D eigenvalue weighted by Gasteiger charge is -2.30. The van der Waals surface area contributed by atoms with Gasteiger partial charge in [0.05, 0.1) is 37.2 Å². The minimum atomic E-state index is -0.224. The summed E-state index contributed by atoms with van der Waals surface area (Å²) in [6.07, 6.45) is 6.73. The molecule has 2 aliphatic rings. The van der Waals surface area contributed by atoms with Crippen LogP contribution in [0.1, 0.15) is 45.5 Å². The number of halogens is 1. The number of rotatable bonds is 4. The number of carbonyl (C=O) groups is 1. The van der Waals surface area contributed by atoms with E-state index in [0.29, 0.717) is 28.8 Å². The third kappa shape index (κ3) is 3.88. The Morgan fingerprint density at radius 3 is 2.69 bits per heavy atom. The number of aromatic nitrogens is 1. The van der Waals surface area contributed by atoms with Gasteiger partial charge in [0.15, 0.2) is 0 Å². The number of hydrogen-bond donors (Lipinski definition) is 1. The van der Waals surface area contributed by atoms with E-state index in [9.17, 15) is 4.79 Å². The number of ether oxygens (including phenoxy) is 2. The summed E-state index contributed by atoms with van der Waals surface area (Å²) in [5, 5.41) is 6.80. The Hall–Kier alpha value is -2.94. The minimum Gasteiger partial charge on any atom is -0.495 e. The maximum Gasteiger partial charge on any atom is 0.323 e. The molecule has 1 aliphatic carbocycles. The molecule has 0 saturated carbocycles. The number of urea groups is 1. The number of fused-ring (bicyclic) bond motifs is 5. The SMILES string of the molecule is COc1cc(OC)c(NC(=O)N2Cc3c(sc4c3CCCC4)-n3cccc3[C@H]2c2cccs2)cc1Cl. The van der Waals surface area contributed by atoms with Gasteiger partial charge in [-0.3, -0.25) is 0 Å². The molecule has 0 radical (unpaired) electrons. The van der Waals surface area contributed by atoms with Crippen LogP contribution >= 0.6 is 34.3 Å². The van der Waals surface area contributed by atoms with Gasteiger partial charge in [-0.25, -0.2) is 4.79 Å². The van der Waals surface area contributed by atoms with Crippen LogP contribution in [0.25, 0.3) is 5.00 Å². The van der Waals surface area contributed by atoms with E-state index in [1.54, 1.807) is 37.7 Å². The van der Waals surface area contributed by atoms with Crippen molar-refractivity contribution < 1.29 is 14.3 Å². The highest BCUT2D eigenvalue weighted by atomic mass is 35.5. The summed E-state index contributed by atoms with van der Waals surface area (Å²) in [7, 11) is 3.12. The van der Waals surface area contributed by atoms with Gasteiger partial charge in [0.25, 0.3) is 0 Å². The molecule has 0 saturated heterocycles. The van der Waals surface area contributed by atoms with Crippen molar-refractivity contribution >= 4 is 46.0 Å². The van der Waals surface area contributed by atoms with Gasteiger partial charge in [-0.1, -0.05) is 17.7 Å². The first-order chi connectivity index (χ1) is 17.6. The molecule has 0 fully saturated rings. The van der Waals surface area contributed by atoms with Crippen LogP contribution in [0, 0.1) is 0 Å². The van der Waals surface area contributed by atoms with Gasteiger partial charge in [0.2, 0.25) is 0 Å². The van der Waals surface area contributed by atoms with Crippen molar-refractivity contribution in [3.8, 4) is 16.5 Å². The Bertz CT molecular complexity index is 1430. The largest absolute Gasteiger partial charge is 0.495 e. The van der Waals surface area contributed by atoms with Crippen molar-refractivity contribution in [2.75, 3.05) is 19.5 Å². The molecule has 2 amide bonds. The number of aryl methyl sites for hydroxylation is 1. The monoisotopic (exact) mass is 539 g/mol. The van der Waals surface area contributed by atoms with E-state index in [1.807, 2.05) is 22.3 Å². The molecule has 6 nitrogen and oxygen atoms in total. The summed E-state index contributed by atoms with van der Waals surface area (Å²) >= 11 is 9.95. The van der Waals surface area contributed by atoms with Crippen molar-refractivity contribution in [3.05, 3.63) is 79.6 Å². The Balaban J connectivity index is 1.46. The molecule has 3 aromatic heterocycles. The maximum atomic E-state index is 14.1. The molecule has 0 bridgehead atoms. The average molecular weight is 540 g/mol. The fraction of sp³-hybridized carbons (Fsp3) is 0.296. The van der Waals surface area contributed by atoms with E-state index in [1.165, 1.54) is 33.8 Å². The van der Waals surface area contributed by atoms with Crippen LogP contribution in [0.15, 0.2) is 48.0 Å². The van der Waals surface area contributed by atoms with Crippen LogP contribution in [0.2, 0.25) is 5.02 Å². The van der Waals surface area contributed by atoms with Gasteiger partial charge in [-0.15, -0.1) is 22.7 Å². The summed E-state index contributed by atoms with van der Waals surface area (Å²) < 4.78 is 13.2. The standard InChI is InChI=1S/C27H26ClN3O3S2/c1-33-21-14-22(34-2)19(13-18(21)28)29-27(32)31-15-17-16-7-3-4-9-23(16)36-26(17)30-11-5-8-20(30)25(31)24-10-6-12-35-24/h5-6,8,10-14,25H,3-4,7,9,15H2,1-2H3,(H,29,32)/t25-/m0/s1. The number of benzene rings is 1. The zero-order valence-electron chi connectivity index (χ0n) is 20.0. The Morgan fingerprint density at radius 2 is 1.92 bits per heavy atom. The van der Waals surface area contributed by atoms with Crippen molar-refractivity contribution in [1.29, 1.82) is 0 Å². The van der Waals surface area contributed by atoms with Crippen LogP contribution in [-0.4, -0.2) is 29.7 Å². The fourth-order valence-electron chi connectivity index (χ4n) is 5.28. The molecule has 1 aliphatic heterocycles. The molecular weight excluding hydrogens is 514 g/mol. The number of anilines is 1. The third-order valence-corrected chi connectivity index (χ3v) is 9.52. The molecule has 1 N–H and O–H groups in total. The van der Waals surface area contributed by atoms with Gasteiger partial charge in [0.1, 0.15) is 22.5 Å². The van der Waals surface area contributed by atoms with Crippen molar-refractivity contribution in [2.24, 2.45) is 0 Å². The number of methoxy groups -OCH3 is 2. The first-order valence-electron chi connectivity index (χ1n) is 11.9. The molecule has 9 heteroatoms. The van der Waals surface area contributed by atoms with E-state index in [2.05, 4.69) is 39.7 Å². The van der Waals surface area contributed by atoms with Gasteiger partial charge in [-0.05, 0) is 60.9 Å². The topological polar surface area (TPSA) is 55.7 Å². The molecule has 36 heavy (non-hydrogen) atoms. The lowest BCUT2D eigenvalue weighted by atomic mass is 9.95. The second-order valence-corrected chi connectivity index (χ2v) is 11.4. The minimum absolute atomic E-state index is 0.204. The zero-order chi connectivity index (χ0) is 24.8. The molecule has 4 aromatic rings. The molecule has 1 aromatic carbocycles. The number of hydrogen-bond acceptors (Lipinski definition) is 5. The Morgan fingerprint density at radius 1 is 1.08 bits per heavy atom. The molecule has 0 spiro atoms. The van der Waals surface area contributed by atoms with Gasteiger partial charge in [-0.2, -0.15) is 0 Å². The molecule has 1 atom stereocenters. The zero-order valence-corrected chi connectivity index (χ0v) is 22.4. The molecule has 0 unspecified atom stereocenters. The molecule has 6 rings (SSSR count). The smallest absolute Gasteiger partial charge is 0.323 e. The highest BCUT2D eigenvalue weighted by Crippen LogP contribution is 2.45. The van der Waals surface area contributed by atoms with Crippen molar-refractivity contribution in [1.82, 2.24) is 9.47 Å². The summed E-state index contributed by atoms with van der Waals surface area (Å²) in [4.78, 5) is 18.6. The highest BCUT2D eigenvalue weighted by molar-refractivity contribution is 7.15. The van der Waals surface area contributed by atoms with Crippen LogP contribution in [0.5, 0.6) is 11.5 Å². The normalized spacial score (nSPS) is 16.5. The number of nitrogens with zero attached hydrogens (tertiary/aromatic N) is 2. The second kappa shape index (κ2) is 9.50. The number of thiophene rings is 2. The number of carbonyl (C=O) groups excluding carboxylic acids is 1. The maximum absolute atomic E-state index is 14.1. The van der Waals surface area contributed by atoms with Gasteiger partial charge >= 0.3 is 6.03 Å². The van der Waals surface area contributed by atoms with Crippen LogP contribution in [0.4, 0.5) is 10.5 Å². The summed E-state index contributed by atoms with van der Waals surface area (Å²) in [5.41, 5.74) is 4.28. The lowest BCUT2D eigenvalue weighted by molar-refractivity contribution is 0.195. The van der Waals surface area contributed by atoms with E-state index in [-0.39, 0.29) is 12.1 Å². The van der Waals surface area contributed by atoms with E-state index in [4.69, 9.17) is 21.1 Å². The van der Waals surface area contributed by atoms with Crippen LogP contribution in [-0.2, 0) is 19.4 Å². The Labute approximate surface area is 223 Å². The molecular formula is C27H26ClN3O3S2. The Kier molecular flexibility index (Phi) is 6.19. The number of amides is 2. The quantitative estimate of drug-likeness (QED) is 0.296. The summed E-state index contributed by atoms with van der Waals surface area (Å²) in [6.45, 7) is 0.531.